The van der Waals surface area contributed by atoms with Crippen LogP contribution in [0.5, 0.6) is 0 Å². The van der Waals surface area contributed by atoms with Crippen molar-refractivity contribution in [2.75, 3.05) is 11.9 Å². The monoisotopic (exact) mass is 258 g/mol. The Labute approximate surface area is 112 Å². The molecule has 4 nitrogen and oxygen atoms in total. The Balaban J connectivity index is 2.15. The van der Waals surface area contributed by atoms with Crippen LogP contribution in [0.1, 0.15) is 13.3 Å². The molecule has 2 rings (SSSR count). The van der Waals surface area contributed by atoms with Crippen LogP contribution in [0.25, 0.3) is 10.8 Å². The number of amides is 2. The Morgan fingerprint density at radius 3 is 2.68 bits per heavy atom. The van der Waals surface area contributed by atoms with E-state index >= 15 is 0 Å². The molecule has 2 aromatic carbocycles. The van der Waals surface area contributed by atoms with Crippen molar-refractivity contribution >= 4 is 22.5 Å². The topological polar surface area (TPSA) is 61.4 Å². The second kappa shape index (κ2) is 6.20. The zero-order valence-electron chi connectivity index (χ0n) is 10.9. The van der Waals surface area contributed by atoms with Gasteiger partial charge in [0.1, 0.15) is 0 Å². The Bertz CT molecular complexity index is 560. The Morgan fingerprint density at radius 2 is 1.95 bits per heavy atom. The predicted molar refractivity (Wildman–Crippen MR) is 77.3 cm³/mol. The molecular weight excluding hydrogens is 240 g/mol. The van der Waals surface area contributed by atoms with Gasteiger partial charge in [0.15, 0.2) is 0 Å². The lowest BCUT2D eigenvalue weighted by Gasteiger charge is -2.15. The number of nitrogens with one attached hydrogen (secondary N) is 2. The van der Waals surface area contributed by atoms with Crippen molar-refractivity contribution in [1.29, 1.82) is 0 Å². The van der Waals surface area contributed by atoms with Crippen molar-refractivity contribution in [3.8, 4) is 0 Å². The summed E-state index contributed by atoms with van der Waals surface area (Å²) in [4.78, 5) is 11.9. The molecule has 0 heterocycles. The number of rotatable bonds is 4. The number of urea groups is 1. The van der Waals surface area contributed by atoms with Gasteiger partial charge in [0.05, 0.1) is 18.3 Å². The number of anilines is 1. The van der Waals surface area contributed by atoms with E-state index in [0.717, 1.165) is 16.5 Å². The summed E-state index contributed by atoms with van der Waals surface area (Å²) in [6.07, 6.45) is 0.694. The van der Waals surface area contributed by atoms with Gasteiger partial charge in [0.25, 0.3) is 0 Å². The molecule has 2 aromatic rings. The van der Waals surface area contributed by atoms with Crippen LogP contribution in [0, 0.1) is 0 Å². The molecule has 4 heteroatoms. The highest BCUT2D eigenvalue weighted by Crippen LogP contribution is 2.22. The number of benzene rings is 2. The second-order valence-electron chi connectivity index (χ2n) is 4.41. The van der Waals surface area contributed by atoms with E-state index in [-0.39, 0.29) is 18.7 Å². The van der Waals surface area contributed by atoms with E-state index in [1.807, 2.05) is 49.4 Å². The minimum absolute atomic E-state index is 0.0561. The van der Waals surface area contributed by atoms with Crippen LogP contribution in [0.4, 0.5) is 10.5 Å². The third-order valence-electron chi connectivity index (χ3n) is 3.09. The zero-order valence-corrected chi connectivity index (χ0v) is 10.9. The summed E-state index contributed by atoms with van der Waals surface area (Å²) in [7, 11) is 0. The molecule has 100 valence electrons. The van der Waals surface area contributed by atoms with Crippen LogP contribution in [-0.4, -0.2) is 23.8 Å². The molecule has 0 aromatic heterocycles. The normalized spacial score (nSPS) is 12.1. The summed E-state index contributed by atoms with van der Waals surface area (Å²) in [6.45, 7) is 1.86. The highest BCUT2D eigenvalue weighted by Gasteiger charge is 2.10. The van der Waals surface area contributed by atoms with E-state index in [4.69, 9.17) is 5.11 Å². The summed E-state index contributed by atoms with van der Waals surface area (Å²) in [6, 6.07) is 13.1. The van der Waals surface area contributed by atoms with Gasteiger partial charge < -0.3 is 15.7 Å². The SMILES string of the molecule is CC[C@@H](CO)NC(=O)Nc1cccc2ccccc12. The van der Waals surface area contributed by atoms with E-state index in [0.29, 0.717) is 6.42 Å². The molecule has 0 saturated heterocycles. The summed E-state index contributed by atoms with van der Waals surface area (Å²) < 4.78 is 0. The molecule has 0 bridgehead atoms. The van der Waals surface area contributed by atoms with Crippen LogP contribution in [0.2, 0.25) is 0 Å². The van der Waals surface area contributed by atoms with Crippen molar-refractivity contribution in [2.24, 2.45) is 0 Å². The molecule has 2 amide bonds. The molecule has 1 atom stereocenters. The quantitative estimate of drug-likeness (QED) is 0.789. The fraction of sp³-hybridized carbons (Fsp3) is 0.267. The maximum absolute atomic E-state index is 11.9. The van der Waals surface area contributed by atoms with E-state index in [2.05, 4.69) is 10.6 Å². The minimum Gasteiger partial charge on any atom is -0.394 e. The number of hydrogen-bond donors (Lipinski definition) is 3. The molecule has 19 heavy (non-hydrogen) atoms. The highest BCUT2D eigenvalue weighted by molar-refractivity contribution is 6.01. The Hall–Kier alpha value is -2.07. The number of fused-ring (bicyclic) bond motifs is 1. The molecule has 0 fully saturated rings. The summed E-state index contributed by atoms with van der Waals surface area (Å²) in [5.41, 5.74) is 0.767. The predicted octanol–water partition coefficient (Wildman–Crippen LogP) is 2.73. The summed E-state index contributed by atoms with van der Waals surface area (Å²) in [5, 5.41) is 16.7. The first kappa shape index (κ1) is 13.4. The van der Waals surface area contributed by atoms with Crippen LogP contribution >= 0.6 is 0 Å². The number of hydrogen-bond acceptors (Lipinski definition) is 2. The molecule has 0 radical (unpaired) electrons. The fourth-order valence-corrected chi connectivity index (χ4v) is 1.96. The molecule has 0 saturated carbocycles. The zero-order chi connectivity index (χ0) is 13.7. The van der Waals surface area contributed by atoms with Gasteiger partial charge >= 0.3 is 6.03 Å². The van der Waals surface area contributed by atoms with E-state index in [9.17, 15) is 4.79 Å². The summed E-state index contributed by atoms with van der Waals surface area (Å²) in [5.74, 6) is 0. The molecule has 0 aliphatic carbocycles. The first-order chi connectivity index (χ1) is 9.24. The largest absolute Gasteiger partial charge is 0.394 e. The van der Waals surface area contributed by atoms with E-state index in [1.165, 1.54) is 0 Å². The third kappa shape index (κ3) is 3.23. The van der Waals surface area contributed by atoms with Gasteiger partial charge in [0, 0.05) is 5.39 Å². The number of aliphatic hydroxyl groups excluding tert-OH is 1. The van der Waals surface area contributed by atoms with Crippen molar-refractivity contribution in [3.63, 3.8) is 0 Å². The minimum atomic E-state index is -0.294. The van der Waals surface area contributed by atoms with E-state index < -0.39 is 0 Å². The van der Waals surface area contributed by atoms with Crippen LogP contribution in [0.15, 0.2) is 42.5 Å². The maximum Gasteiger partial charge on any atom is 0.319 e. The van der Waals surface area contributed by atoms with Gasteiger partial charge in [-0.1, -0.05) is 43.3 Å². The van der Waals surface area contributed by atoms with E-state index in [1.54, 1.807) is 0 Å². The Kier molecular flexibility index (Phi) is 4.36. The number of aliphatic hydroxyl groups is 1. The fourth-order valence-electron chi connectivity index (χ4n) is 1.96. The van der Waals surface area contributed by atoms with Crippen LogP contribution in [-0.2, 0) is 0 Å². The van der Waals surface area contributed by atoms with Gasteiger partial charge in [-0.15, -0.1) is 0 Å². The van der Waals surface area contributed by atoms with Crippen molar-refractivity contribution in [1.82, 2.24) is 5.32 Å². The first-order valence-corrected chi connectivity index (χ1v) is 6.40. The highest BCUT2D eigenvalue weighted by atomic mass is 16.3. The van der Waals surface area contributed by atoms with Gasteiger partial charge in [-0.25, -0.2) is 4.79 Å². The molecular formula is C15H18N2O2. The van der Waals surface area contributed by atoms with Crippen LogP contribution in [0.3, 0.4) is 0 Å². The molecule has 0 spiro atoms. The first-order valence-electron chi connectivity index (χ1n) is 6.40. The van der Waals surface area contributed by atoms with Crippen LogP contribution < -0.4 is 10.6 Å². The number of carbonyl (C=O) groups is 1. The Morgan fingerprint density at radius 1 is 1.21 bits per heavy atom. The third-order valence-corrected chi connectivity index (χ3v) is 3.09. The van der Waals surface area contributed by atoms with Crippen molar-refractivity contribution in [3.05, 3.63) is 42.5 Å². The van der Waals surface area contributed by atoms with Gasteiger partial charge in [-0.2, -0.15) is 0 Å². The maximum atomic E-state index is 11.9. The molecule has 3 N–H and O–H groups in total. The molecule has 0 unspecified atom stereocenters. The molecule has 0 aliphatic heterocycles. The average Bonchev–Trinajstić information content (AvgIpc) is 2.45. The lowest BCUT2D eigenvalue weighted by molar-refractivity contribution is 0.222. The number of carbonyl (C=O) groups excluding carboxylic acids is 1. The molecule has 0 aliphatic rings. The second-order valence-corrected chi connectivity index (χ2v) is 4.41. The van der Waals surface area contributed by atoms with Crippen molar-refractivity contribution < 1.29 is 9.90 Å². The smallest absolute Gasteiger partial charge is 0.319 e. The lowest BCUT2D eigenvalue weighted by atomic mass is 10.1. The summed E-state index contributed by atoms with van der Waals surface area (Å²) >= 11 is 0. The van der Waals surface area contributed by atoms with Gasteiger partial charge in [-0.05, 0) is 17.9 Å². The van der Waals surface area contributed by atoms with Gasteiger partial charge in [0.2, 0.25) is 0 Å². The average molecular weight is 258 g/mol. The van der Waals surface area contributed by atoms with Gasteiger partial charge in [-0.3, -0.25) is 0 Å². The van der Waals surface area contributed by atoms with Crippen molar-refractivity contribution in [2.45, 2.75) is 19.4 Å². The lowest BCUT2D eigenvalue weighted by Crippen LogP contribution is -2.39. The standard InChI is InChI=1S/C15H18N2O2/c1-2-12(10-18)16-15(19)17-14-9-5-7-11-6-3-4-8-13(11)14/h3-9,12,18H,2,10H2,1H3,(H2,16,17,19)/t12-/m0/s1.